The number of aliphatic carboxylic acids is 6. The number of rotatable bonds is 60. The summed E-state index contributed by atoms with van der Waals surface area (Å²) in [5.74, 6) is -18.6. The molecule has 0 spiro atoms. The Kier molecular flexibility index (Phi) is 49.4. The molecular weight excluding hydrogens is 1690 g/mol. The van der Waals surface area contributed by atoms with Crippen LogP contribution in [0.2, 0.25) is 0 Å². The number of nitrogens with two attached hydrogens (primary N) is 4. The summed E-state index contributed by atoms with van der Waals surface area (Å²) in [6, 6.07) is 18.6. The van der Waals surface area contributed by atoms with Crippen LogP contribution in [-0.4, -0.2) is 257 Å². The van der Waals surface area contributed by atoms with E-state index in [1.165, 1.54) is 20.8 Å². The Balaban J connectivity index is 0.000000665. The Labute approximate surface area is 746 Å². The summed E-state index contributed by atoms with van der Waals surface area (Å²) in [4.78, 5) is 224. The van der Waals surface area contributed by atoms with Gasteiger partial charge in [0, 0.05) is 88.9 Å². The van der Waals surface area contributed by atoms with E-state index in [0.29, 0.717) is 11.1 Å². The molecule has 0 heterocycles. The van der Waals surface area contributed by atoms with Gasteiger partial charge in [-0.05, 0) is 99.3 Å². The summed E-state index contributed by atoms with van der Waals surface area (Å²) in [6.07, 6.45) is -6.28. The van der Waals surface area contributed by atoms with Crippen molar-refractivity contribution < 1.29 is 127 Å². The number of aliphatic hydroxyl groups is 2. The van der Waals surface area contributed by atoms with E-state index >= 15 is 0 Å². The highest BCUT2D eigenvalue weighted by molar-refractivity contribution is 5.96. The first-order valence-corrected chi connectivity index (χ1v) is 42.2. The minimum atomic E-state index is -1.47. The summed E-state index contributed by atoms with van der Waals surface area (Å²) < 4.78 is 0. The van der Waals surface area contributed by atoms with Gasteiger partial charge in [0.1, 0.15) is 48.3 Å². The number of carbonyl (C=O) groups excluding carboxylic acids is 12. The standard InChI is InChI=1S/C44H64N8O13.C43H62N8O13/c1-24(2)38(52-41(61)30(45)15-17-36(55)56)43(63)49-29(22-35(46)54)23-47-32(20-27-11-7-5-8-12-27)34(53)19-25(3)39(59)48-26(4)40(60)50-31(16-18-37(57)58)42(62)51-33(44(64)65)21-28-13-9-6-10-14-28;1-24(2)38(51-40(60)29(44)14-18-36(55)56)42(62)48-28(22-34(45)53)23-46-31(20-26-10-6-4-7-11-26)33(52)16-17-35(54)47-25(3)39(59)49-30(15-19-37(57)58)41(61)50-32(43(63)64)21-27-12-8-5-9-13-27/h5-14,24-26,29-34,38,47,53H,15-23,45H2,1-4H3,(H2,46,54)(H,48,59)(H,49,63)(H,50,60)(H,51,62)(H,52,61)(H,55,56)(H,57,58)(H,64,65);4-13,24-25,28-33,38,46,52H,14-23,44H2,1-3H3,(H2,45,53)(H,47,54)(H,48,62)(H,49,59)(H,50,61)(H,51,60)(H,55,56)(H,57,58)(H,63,64)/t25-,26+,29+,30+,31+,32+,33+,34+,38+;25-,28-,29-,30-,31-,32-,33-,38-/m10/s1. The lowest BCUT2D eigenvalue weighted by atomic mass is 9.93. The van der Waals surface area contributed by atoms with Crippen molar-refractivity contribution in [3.05, 3.63) is 144 Å². The average Bonchev–Trinajstić information content (AvgIpc) is 0.870. The third-order valence-corrected chi connectivity index (χ3v) is 20.5. The third kappa shape index (κ3) is 44.4. The summed E-state index contributed by atoms with van der Waals surface area (Å²) >= 11 is 0. The molecule has 0 aliphatic heterocycles. The normalized spacial score (nSPS) is 15.1. The second-order valence-corrected chi connectivity index (χ2v) is 32.2. The van der Waals surface area contributed by atoms with Crippen LogP contribution < -0.4 is 86.7 Å². The quantitative estimate of drug-likeness (QED) is 0.0219. The van der Waals surface area contributed by atoms with E-state index in [9.17, 15) is 117 Å². The van der Waals surface area contributed by atoms with Crippen molar-refractivity contribution in [1.82, 2.24) is 63.8 Å². The van der Waals surface area contributed by atoms with Crippen molar-refractivity contribution in [3.63, 3.8) is 0 Å². The van der Waals surface area contributed by atoms with Gasteiger partial charge < -0.3 is 128 Å². The van der Waals surface area contributed by atoms with Crippen molar-refractivity contribution in [1.29, 1.82) is 0 Å². The Morgan fingerprint density at radius 2 is 0.628 bits per heavy atom. The van der Waals surface area contributed by atoms with Gasteiger partial charge in [-0.15, -0.1) is 0 Å². The van der Waals surface area contributed by atoms with Crippen molar-refractivity contribution in [2.24, 2.45) is 40.7 Å². The lowest BCUT2D eigenvalue weighted by molar-refractivity contribution is -0.143. The molecule has 4 rings (SSSR count). The van der Waals surface area contributed by atoms with Gasteiger partial charge in [0.05, 0.1) is 36.4 Å². The van der Waals surface area contributed by atoms with E-state index in [4.69, 9.17) is 33.1 Å². The molecule has 0 fully saturated rings. The first-order chi connectivity index (χ1) is 60.7. The predicted molar refractivity (Wildman–Crippen MR) is 466 cm³/mol. The van der Waals surface area contributed by atoms with Crippen molar-refractivity contribution in [2.45, 2.75) is 254 Å². The fraction of sp³-hybridized carbons (Fsp3) is 0.517. The third-order valence-electron chi connectivity index (χ3n) is 20.5. The summed E-state index contributed by atoms with van der Waals surface area (Å²) in [5.41, 5.74) is 25.5. The molecule has 28 N–H and O–H groups in total. The molecule has 0 radical (unpaired) electrons. The van der Waals surface area contributed by atoms with Crippen LogP contribution in [0.4, 0.5) is 0 Å². The van der Waals surface area contributed by atoms with Crippen LogP contribution in [0.5, 0.6) is 0 Å². The number of carboxylic acids is 6. The minimum Gasteiger partial charge on any atom is -0.481 e. The van der Waals surface area contributed by atoms with E-state index < -0.39 is 234 Å². The second kappa shape index (κ2) is 57.7. The predicted octanol–water partition coefficient (Wildman–Crippen LogP) is -2.38. The number of carbonyl (C=O) groups is 18. The summed E-state index contributed by atoms with van der Waals surface area (Å²) in [7, 11) is 0. The lowest BCUT2D eigenvalue weighted by Crippen LogP contribution is -2.57. The smallest absolute Gasteiger partial charge is 0.326 e. The first-order valence-electron chi connectivity index (χ1n) is 42.2. The molecule has 0 saturated carbocycles. The number of hydrogen-bond donors (Lipinski definition) is 24. The van der Waals surface area contributed by atoms with Crippen molar-refractivity contribution >= 4 is 107 Å². The average molecular weight is 1810 g/mol. The number of benzene rings is 4. The maximum absolute atomic E-state index is 13.5. The van der Waals surface area contributed by atoms with Gasteiger partial charge in [-0.25, -0.2) is 9.59 Å². The van der Waals surface area contributed by atoms with Gasteiger partial charge in [-0.1, -0.05) is 156 Å². The monoisotopic (exact) mass is 1810 g/mol. The Bertz CT molecular complexity index is 4350. The molecule has 129 heavy (non-hydrogen) atoms. The van der Waals surface area contributed by atoms with Gasteiger partial charge in [0.2, 0.25) is 70.9 Å². The highest BCUT2D eigenvalue weighted by Gasteiger charge is 2.37. The highest BCUT2D eigenvalue weighted by Crippen LogP contribution is 2.18. The van der Waals surface area contributed by atoms with E-state index in [2.05, 4.69) is 63.8 Å². The molecule has 42 heteroatoms. The molecule has 710 valence electrons. The maximum Gasteiger partial charge on any atom is 0.326 e. The highest BCUT2D eigenvalue weighted by atomic mass is 16.4. The van der Waals surface area contributed by atoms with Crippen LogP contribution in [0.25, 0.3) is 0 Å². The molecule has 12 amide bonds. The van der Waals surface area contributed by atoms with E-state index in [0.717, 1.165) is 11.1 Å². The number of primary amides is 2. The molecule has 4 aromatic rings. The molecule has 0 aliphatic carbocycles. The van der Waals surface area contributed by atoms with E-state index in [-0.39, 0.29) is 109 Å². The van der Waals surface area contributed by atoms with Crippen LogP contribution in [0, 0.1) is 17.8 Å². The molecule has 0 bridgehead atoms. The molecule has 0 saturated heterocycles. The molecule has 0 unspecified atom stereocenters. The van der Waals surface area contributed by atoms with Crippen LogP contribution in [-0.2, 0) is 112 Å². The van der Waals surface area contributed by atoms with Gasteiger partial charge in [0.15, 0.2) is 0 Å². The van der Waals surface area contributed by atoms with Crippen molar-refractivity contribution in [2.75, 3.05) is 13.1 Å². The summed E-state index contributed by atoms with van der Waals surface area (Å²) in [5, 5.41) is 110. The Hall–Kier alpha value is -12.9. The summed E-state index contributed by atoms with van der Waals surface area (Å²) in [6.45, 7) is 10.6. The van der Waals surface area contributed by atoms with Gasteiger partial charge in [0.25, 0.3) is 0 Å². The van der Waals surface area contributed by atoms with Gasteiger partial charge >= 0.3 is 35.8 Å². The molecule has 4 aromatic carbocycles. The fourth-order valence-corrected chi connectivity index (χ4v) is 13.1. The number of aliphatic hydroxyl groups excluding tert-OH is 2. The van der Waals surface area contributed by atoms with E-state index in [1.54, 1.807) is 125 Å². The number of carboxylic acid groups (broad SMARTS) is 6. The molecule has 17 atom stereocenters. The minimum absolute atomic E-state index is 0.0818. The van der Waals surface area contributed by atoms with Crippen LogP contribution in [0.3, 0.4) is 0 Å². The Morgan fingerprint density at radius 1 is 0.318 bits per heavy atom. The zero-order chi connectivity index (χ0) is 96.7. The SMILES string of the molecule is CC(C)[C@H](NC(=O)[C@@H](N)CCC(=O)O)C(=O)N[C@H](CN[C@@H](Cc1ccccc1)[C@@H](O)CCC(=O)N[C@@H](C)C(=O)N[C@@H](CCC(=O)O)C(=O)N[C@@H](Cc1ccccc1)C(=O)O)CC(N)=O.CC(C)[C@H](NC(=O)[C@@H](N)CCC(=O)O)C(=O)N[C@H](CN[C@@H](Cc1ccccc1)[C@@H](O)C[C@@H](C)C(=O)N[C@@H](C)C(=O)N[C@@H](CCC(=O)O)C(=O)N[C@@H](Cc1ccccc1)C(=O)O)CC(N)=O. The number of amides is 12. The van der Waals surface area contributed by atoms with E-state index in [1.807, 2.05) is 24.3 Å². The topological polar surface area (TPSA) is 718 Å². The largest absolute Gasteiger partial charge is 0.481 e. The Morgan fingerprint density at radius 3 is 0.946 bits per heavy atom. The van der Waals surface area contributed by atoms with Gasteiger partial charge in [-0.2, -0.15) is 0 Å². The van der Waals surface area contributed by atoms with Crippen LogP contribution in [0.1, 0.15) is 154 Å². The zero-order valence-corrected chi connectivity index (χ0v) is 73.2. The lowest BCUT2D eigenvalue weighted by Gasteiger charge is -2.30. The fourth-order valence-electron chi connectivity index (χ4n) is 13.1. The molecule has 42 nitrogen and oxygen atoms in total. The molecule has 0 aliphatic rings. The molecular formula is C87H126N16O26. The second-order valence-electron chi connectivity index (χ2n) is 32.2. The van der Waals surface area contributed by atoms with Crippen LogP contribution in [0.15, 0.2) is 121 Å². The first kappa shape index (κ1) is 110. The van der Waals surface area contributed by atoms with Crippen LogP contribution >= 0.6 is 0 Å². The number of nitrogens with one attached hydrogen (secondary N) is 12. The number of hydrogen-bond acceptors (Lipinski definition) is 24. The molecule has 0 aromatic heterocycles. The maximum atomic E-state index is 13.5. The van der Waals surface area contributed by atoms with Gasteiger partial charge in [-0.3, -0.25) is 76.7 Å². The zero-order valence-electron chi connectivity index (χ0n) is 73.2. The van der Waals surface area contributed by atoms with Crippen molar-refractivity contribution in [3.8, 4) is 0 Å².